The molecule has 5 nitrogen and oxygen atoms in total. The molecular formula is C24H26N2O3S. The number of amides is 1. The second-order valence-corrected chi connectivity index (χ2v) is 9.29. The van der Waals surface area contributed by atoms with Gasteiger partial charge in [0.15, 0.2) is 0 Å². The van der Waals surface area contributed by atoms with Crippen molar-refractivity contribution in [1.29, 1.82) is 0 Å². The Morgan fingerprint density at radius 3 is 2.20 bits per heavy atom. The Bertz CT molecular complexity index is 1110. The number of nitrogens with zero attached hydrogens (tertiary/aromatic N) is 1. The van der Waals surface area contributed by atoms with Crippen LogP contribution in [0, 0.1) is 6.92 Å². The highest BCUT2D eigenvalue weighted by Gasteiger charge is 2.25. The van der Waals surface area contributed by atoms with Crippen molar-refractivity contribution < 1.29 is 13.2 Å². The van der Waals surface area contributed by atoms with Gasteiger partial charge in [-0.05, 0) is 42.7 Å². The second kappa shape index (κ2) is 9.13. The zero-order chi connectivity index (χ0) is 21.7. The summed E-state index contributed by atoms with van der Waals surface area (Å²) < 4.78 is 27.3. The number of rotatable bonds is 7. The van der Waals surface area contributed by atoms with E-state index in [0.717, 1.165) is 15.4 Å². The van der Waals surface area contributed by atoms with E-state index in [4.69, 9.17) is 0 Å². The molecule has 3 aromatic carbocycles. The molecule has 30 heavy (non-hydrogen) atoms. The van der Waals surface area contributed by atoms with Crippen molar-refractivity contribution in [2.45, 2.75) is 24.7 Å². The van der Waals surface area contributed by atoms with Crippen LogP contribution in [0.4, 0.5) is 5.69 Å². The molecule has 0 aromatic heterocycles. The van der Waals surface area contributed by atoms with Gasteiger partial charge in [-0.2, -0.15) is 0 Å². The first kappa shape index (κ1) is 21.6. The predicted molar refractivity (Wildman–Crippen MR) is 120 cm³/mol. The van der Waals surface area contributed by atoms with Crippen LogP contribution in [0.25, 0.3) is 0 Å². The van der Waals surface area contributed by atoms with Crippen molar-refractivity contribution in [3.05, 3.63) is 95.6 Å². The van der Waals surface area contributed by atoms with E-state index in [1.54, 1.807) is 48.5 Å². The molecule has 3 rings (SSSR count). The molecule has 0 saturated heterocycles. The number of carbonyl (C=O) groups excluding carboxylic acids is 1. The molecule has 0 spiro atoms. The zero-order valence-corrected chi connectivity index (χ0v) is 18.2. The highest BCUT2D eigenvalue weighted by Crippen LogP contribution is 2.26. The topological polar surface area (TPSA) is 66.5 Å². The monoisotopic (exact) mass is 422 g/mol. The third-order valence-corrected chi connectivity index (χ3v) is 6.89. The molecule has 0 fully saturated rings. The minimum atomic E-state index is -3.79. The van der Waals surface area contributed by atoms with Crippen LogP contribution in [-0.4, -0.2) is 27.9 Å². The first-order valence-corrected chi connectivity index (χ1v) is 11.2. The minimum Gasteiger partial charge on any atom is -0.351 e. The molecule has 156 valence electrons. The molecule has 0 heterocycles. The van der Waals surface area contributed by atoms with Crippen LogP contribution in [-0.2, 0) is 10.0 Å². The summed E-state index contributed by atoms with van der Waals surface area (Å²) in [5.74, 6) is -0.171. The van der Waals surface area contributed by atoms with Crippen LogP contribution in [0.15, 0.2) is 83.8 Å². The smallest absolute Gasteiger partial charge is 0.264 e. The van der Waals surface area contributed by atoms with E-state index in [-0.39, 0.29) is 16.7 Å². The van der Waals surface area contributed by atoms with Crippen LogP contribution in [0.3, 0.4) is 0 Å². The van der Waals surface area contributed by atoms with Gasteiger partial charge in [-0.15, -0.1) is 0 Å². The zero-order valence-electron chi connectivity index (χ0n) is 17.4. The fraction of sp³-hybridized carbons (Fsp3) is 0.208. The van der Waals surface area contributed by atoms with Gasteiger partial charge in [0.25, 0.3) is 15.9 Å². The lowest BCUT2D eigenvalue weighted by molar-refractivity contribution is 0.0952. The normalized spacial score (nSPS) is 12.2. The molecule has 1 atom stereocenters. The van der Waals surface area contributed by atoms with Gasteiger partial charge in [0.05, 0.1) is 16.1 Å². The molecule has 0 aliphatic carbocycles. The molecule has 1 N–H and O–H groups in total. The molecular weight excluding hydrogens is 396 g/mol. The number of hydrogen-bond donors (Lipinski definition) is 1. The quantitative estimate of drug-likeness (QED) is 0.615. The predicted octanol–water partition coefficient (Wildman–Crippen LogP) is 4.35. The highest BCUT2D eigenvalue weighted by molar-refractivity contribution is 7.92. The lowest BCUT2D eigenvalue weighted by atomic mass is 10.0. The lowest BCUT2D eigenvalue weighted by Gasteiger charge is -2.22. The first-order valence-electron chi connectivity index (χ1n) is 9.78. The van der Waals surface area contributed by atoms with Gasteiger partial charge in [-0.25, -0.2) is 8.42 Å². The van der Waals surface area contributed by atoms with Crippen LogP contribution in [0.5, 0.6) is 0 Å². The molecule has 1 amide bonds. The maximum absolute atomic E-state index is 13.1. The van der Waals surface area contributed by atoms with Crippen molar-refractivity contribution in [3.8, 4) is 0 Å². The number of benzene rings is 3. The van der Waals surface area contributed by atoms with Gasteiger partial charge in [0.1, 0.15) is 0 Å². The number of para-hydroxylation sites is 1. The van der Waals surface area contributed by atoms with Crippen molar-refractivity contribution in [3.63, 3.8) is 0 Å². The third kappa shape index (κ3) is 4.71. The summed E-state index contributed by atoms with van der Waals surface area (Å²) >= 11 is 0. The van der Waals surface area contributed by atoms with E-state index in [2.05, 4.69) is 5.32 Å². The van der Waals surface area contributed by atoms with E-state index in [1.807, 2.05) is 44.2 Å². The van der Waals surface area contributed by atoms with E-state index in [9.17, 15) is 13.2 Å². The Balaban J connectivity index is 1.81. The number of nitrogens with one attached hydrogen (secondary N) is 1. The summed E-state index contributed by atoms with van der Waals surface area (Å²) in [5.41, 5.74) is 2.76. The average Bonchev–Trinajstić information content (AvgIpc) is 2.77. The number of aryl methyl sites for hydroxylation is 1. The summed E-state index contributed by atoms with van der Waals surface area (Å²) in [7, 11) is -2.32. The Kier molecular flexibility index (Phi) is 6.57. The molecule has 0 aliphatic heterocycles. The van der Waals surface area contributed by atoms with Crippen molar-refractivity contribution in [2.24, 2.45) is 0 Å². The number of sulfonamides is 1. The number of anilines is 1. The van der Waals surface area contributed by atoms with Crippen molar-refractivity contribution in [2.75, 3.05) is 17.9 Å². The summed E-state index contributed by atoms with van der Waals surface area (Å²) in [4.78, 5) is 13.1. The van der Waals surface area contributed by atoms with Gasteiger partial charge < -0.3 is 5.32 Å². The third-order valence-electron chi connectivity index (χ3n) is 5.10. The van der Waals surface area contributed by atoms with Gasteiger partial charge in [-0.1, -0.05) is 67.1 Å². The fourth-order valence-corrected chi connectivity index (χ4v) is 4.39. The van der Waals surface area contributed by atoms with Crippen molar-refractivity contribution in [1.82, 2.24) is 5.32 Å². The maximum atomic E-state index is 13.1. The van der Waals surface area contributed by atoms with Crippen molar-refractivity contribution >= 4 is 21.6 Å². The molecule has 1 unspecified atom stereocenters. The lowest BCUT2D eigenvalue weighted by Crippen LogP contribution is -2.32. The Hall–Kier alpha value is -3.12. The van der Waals surface area contributed by atoms with Gasteiger partial charge in [-0.3, -0.25) is 9.10 Å². The standard InChI is InChI=1S/C24H26N2O3S/c1-18-13-15-21(16-14-18)30(28,29)26(3)23-12-8-7-11-22(23)24(27)25-17-19(2)20-9-5-4-6-10-20/h4-16,19H,17H2,1-3H3,(H,25,27). The Morgan fingerprint density at radius 1 is 0.933 bits per heavy atom. The molecule has 3 aromatic rings. The van der Waals surface area contributed by atoms with Crippen LogP contribution < -0.4 is 9.62 Å². The number of carbonyl (C=O) groups is 1. The van der Waals surface area contributed by atoms with Gasteiger partial charge in [0, 0.05) is 13.6 Å². The summed E-state index contributed by atoms with van der Waals surface area (Å²) in [6.07, 6.45) is 0. The van der Waals surface area contributed by atoms with E-state index in [0.29, 0.717) is 17.8 Å². The SMILES string of the molecule is Cc1ccc(S(=O)(=O)N(C)c2ccccc2C(=O)NCC(C)c2ccccc2)cc1. The average molecular weight is 423 g/mol. The van der Waals surface area contributed by atoms with Crippen LogP contribution in [0.2, 0.25) is 0 Å². The van der Waals surface area contributed by atoms with Gasteiger partial charge in [0.2, 0.25) is 0 Å². The van der Waals surface area contributed by atoms with Gasteiger partial charge >= 0.3 is 0 Å². The maximum Gasteiger partial charge on any atom is 0.264 e. The number of hydrogen-bond acceptors (Lipinski definition) is 3. The molecule has 0 saturated carbocycles. The second-order valence-electron chi connectivity index (χ2n) is 7.32. The van der Waals surface area contributed by atoms with Crippen LogP contribution in [0.1, 0.15) is 34.3 Å². The van der Waals surface area contributed by atoms with E-state index >= 15 is 0 Å². The molecule has 6 heteroatoms. The van der Waals surface area contributed by atoms with Crippen LogP contribution >= 0.6 is 0 Å². The largest absolute Gasteiger partial charge is 0.351 e. The summed E-state index contributed by atoms with van der Waals surface area (Å²) in [6.45, 7) is 4.39. The van der Waals surface area contributed by atoms with E-state index < -0.39 is 10.0 Å². The summed E-state index contributed by atoms with van der Waals surface area (Å²) in [6, 6.07) is 23.3. The summed E-state index contributed by atoms with van der Waals surface area (Å²) in [5, 5.41) is 2.93. The van der Waals surface area contributed by atoms with E-state index in [1.165, 1.54) is 7.05 Å². The Labute approximate surface area is 178 Å². The minimum absolute atomic E-state index is 0.135. The molecule has 0 radical (unpaired) electrons. The molecule has 0 bridgehead atoms. The Morgan fingerprint density at radius 2 is 1.53 bits per heavy atom. The fourth-order valence-electron chi connectivity index (χ4n) is 3.18. The highest BCUT2D eigenvalue weighted by atomic mass is 32.2. The molecule has 0 aliphatic rings. The first-order chi connectivity index (χ1) is 14.3.